The zero-order valence-corrected chi connectivity index (χ0v) is 34.2. The summed E-state index contributed by atoms with van der Waals surface area (Å²) < 4.78 is 11.8. The summed E-state index contributed by atoms with van der Waals surface area (Å²) in [5.41, 5.74) is 8.59. The molecule has 0 radical (unpaired) electrons. The van der Waals surface area contributed by atoms with Crippen LogP contribution < -0.4 is 9.81 Å². The summed E-state index contributed by atoms with van der Waals surface area (Å²) >= 11 is -5.04. The average molecular weight is 775 g/mol. The third-order valence-electron chi connectivity index (χ3n) is 11.6. The Morgan fingerprint density at radius 3 is 1.66 bits per heavy atom. The number of benzene rings is 6. The molecule has 0 aromatic heterocycles. The fraction of sp³-hybridized carbons (Fsp3) is 0.213. The molecule has 2 aliphatic rings. The summed E-state index contributed by atoms with van der Waals surface area (Å²) in [4.78, 5) is 0. The quantitative estimate of drug-likeness (QED) is 0.167. The van der Waals surface area contributed by atoms with E-state index in [0.717, 1.165) is 12.8 Å². The van der Waals surface area contributed by atoms with Crippen LogP contribution in [0.1, 0.15) is 70.2 Å². The first-order chi connectivity index (χ1) is 22.9. The number of hydrogen-bond donors (Lipinski definition) is 0. The van der Waals surface area contributed by atoms with Crippen molar-refractivity contribution in [3.05, 3.63) is 159 Å². The minimum absolute atomic E-state index is 0. The van der Waals surface area contributed by atoms with Crippen LogP contribution in [-0.2, 0) is 35.5 Å². The third kappa shape index (κ3) is 5.39. The van der Waals surface area contributed by atoms with Crippen molar-refractivity contribution < 1.29 is 18.3 Å². The molecule has 0 saturated heterocycles. The van der Waals surface area contributed by atoms with Gasteiger partial charge in [0.1, 0.15) is 0 Å². The molecule has 6 aromatic rings. The molecule has 0 nitrogen and oxygen atoms in total. The summed E-state index contributed by atoms with van der Waals surface area (Å²) in [5, 5.41) is 5.13. The van der Waals surface area contributed by atoms with Gasteiger partial charge in [-0.3, -0.25) is 0 Å². The topological polar surface area (TPSA) is 0 Å². The maximum absolute atomic E-state index is 5.88. The van der Waals surface area contributed by atoms with E-state index in [4.69, 9.17) is 4.21 Å². The third-order valence-corrected chi connectivity index (χ3v) is 27.9. The van der Waals surface area contributed by atoms with Gasteiger partial charge in [-0.1, -0.05) is 0 Å². The van der Waals surface area contributed by atoms with E-state index in [1.807, 2.05) is 0 Å². The minimum atomic E-state index is -5.04. The van der Waals surface area contributed by atoms with Crippen molar-refractivity contribution in [2.75, 3.05) is 0 Å². The molecular formula is C47H48Cl2Zr. The first-order valence-electron chi connectivity index (χ1n) is 17.6. The standard InChI is InChI=1S/C21H25.2C10H7.C5H5.CH2.2ClH.Zr/c1-20(2,3)16-7-9-18-14(12-16)11-15-13-17(21(4,5)6)8-10-19(15)18;2*1-2-6-10-8-4-3-7-9(10)5-1;1-2-4-5-3-1;;;;/h7-10,12H,11H2,1-6H3;2*1-3,5-8H;1-3H,4H2;1H2;2*1H;. The van der Waals surface area contributed by atoms with Crippen molar-refractivity contribution in [1.82, 2.24) is 0 Å². The second-order valence-electron chi connectivity index (χ2n) is 16.5. The molecule has 0 fully saturated rings. The van der Waals surface area contributed by atoms with Crippen LogP contribution in [0.2, 0.25) is 0 Å². The van der Waals surface area contributed by atoms with E-state index in [1.54, 1.807) is 3.27 Å². The van der Waals surface area contributed by atoms with Crippen LogP contribution in [0.15, 0.2) is 137 Å². The molecule has 50 heavy (non-hydrogen) atoms. The number of fused-ring (bicyclic) bond motifs is 5. The van der Waals surface area contributed by atoms with Gasteiger partial charge in [0, 0.05) is 0 Å². The van der Waals surface area contributed by atoms with E-state index < -0.39 is 18.3 Å². The Kier molecular flexibility index (Phi) is 9.26. The first kappa shape index (κ1) is 36.4. The average Bonchev–Trinajstić information content (AvgIpc) is 3.75. The van der Waals surface area contributed by atoms with Gasteiger partial charge in [0.05, 0.1) is 0 Å². The molecule has 2 aliphatic carbocycles. The Bertz CT molecular complexity index is 2340. The van der Waals surface area contributed by atoms with Crippen LogP contribution in [0.5, 0.6) is 0 Å². The van der Waals surface area contributed by atoms with Crippen molar-refractivity contribution in [3.8, 4) is 11.1 Å². The van der Waals surface area contributed by atoms with E-state index in [2.05, 4.69) is 175 Å². The van der Waals surface area contributed by atoms with Crippen LogP contribution in [0.3, 0.4) is 0 Å². The predicted molar refractivity (Wildman–Crippen MR) is 222 cm³/mol. The normalized spacial score (nSPS) is 14.2. The summed E-state index contributed by atoms with van der Waals surface area (Å²) in [6.07, 6.45) is 8.98. The van der Waals surface area contributed by atoms with Crippen molar-refractivity contribution in [3.63, 3.8) is 0 Å². The van der Waals surface area contributed by atoms with Gasteiger partial charge in [0.15, 0.2) is 0 Å². The number of rotatable bonds is 4. The summed E-state index contributed by atoms with van der Waals surface area (Å²) in [5.74, 6) is 0. The molecule has 0 saturated carbocycles. The van der Waals surface area contributed by atoms with Gasteiger partial charge < -0.3 is 0 Å². The van der Waals surface area contributed by atoms with Crippen molar-refractivity contribution in [1.29, 1.82) is 0 Å². The Balaban J connectivity index is 0.00000216. The Hall–Kier alpha value is -3.35. The van der Waals surface area contributed by atoms with Gasteiger partial charge in [-0.15, -0.1) is 24.8 Å². The number of hydrogen-bond acceptors (Lipinski definition) is 0. The van der Waals surface area contributed by atoms with Crippen LogP contribution in [0.25, 0.3) is 32.7 Å². The monoisotopic (exact) mass is 772 g/mol. The second-order valence-corrected chi connectivity index (χ2v) is 29.3. The molecule has 0 bridgehead atoms. The Morgan fingerprint density at radius 1 is 0.580 bits per heavy atom. The molecule has 0 unspecified atom stereocenters. The van der Waals surface area contributed by atoms with Crippen molar-refractivity contribution in [2.24, 2.45) is 0 Å². The van der Waals surface area contributed by atoms with Gasteiger partial charge in [0.25, 0.3) is 0 Å². The zero-order chi connectivity index (χ0) is 33.5. The van der Waals surface area contributed by atoms with Gasteiger partial charge >= 0.3 is 289 Å². The molecule has 6 aromatic carbocycles. The van der Waals surface area contributed by atoms with E-state index in [9.17, 15) is 0 Å². The summed E-state index contributed by atoms with van der Waals surface area (Å²) in [6, 6.07) is 44.5. The van der Waals surface area contributed by atoms with E-state index in [1.165, 1.54) is 64.7 Å². The summed E-state index contributed by atoms with van der Waals surface area (Å²) in [7, 11) is 0. The van der Waals surface area contributed by atoms with E-state index in [-0.39, 0.29) is 35.6 Å². The number of halogens is 2. The van der Waals surface area contributed by atoms with Crippen LogP contribution in [0, 0.1) is 0 Å². The second kappa shape index (κ2) is 12.7. The molecule has 0 heterocycles. The van der Waals surface area contributed by atoms with Crippen molar-refractivity contribution >= 4 is 60.4 Å². The molecule has 3 heteroatoms. The van der Waals surface area contributed by atoms with Crippen LogP contribution >= 0.6 is 24.8 Å². The first-order valence-corrected chi connectivity index (χ1v) is 24.2. The molecular weight excluding hydrogens is 727 g/mol. The molecule has 8 rings (SSSR count). The number of allylic oxidation sites excluding steroid dienone is 4. The van der Waals surface area contributed by atoms with Gasteiger partial charge in [-0.2, -0.15) is 0 Å². The predicted octanol–water partition coefficient (Wildman–Crippen LogP) is 11.2. The molecule has 0 N–H and O–H groups in total. The van der Waals surface area contributed by atoms with Crippen LogP contribution in [0.4, 0.5) is 0 Å². The molecule has 0 amide bonds. The SMILES string of the molecule is Cl.Cl.[CH2]=[Zr]([C]1=CC=CC1)([c]1ccc2ccccc2c1)([c]1ccc2ccccc2c1)[c]1c(C(C)(C)C)ccc2c1Cc1cc(C(C)(C)C)ccc1-2. The van der Waals surface area contributed by atoms with Gasteiger partial charge in [-0.25, -0.2) is 0 Å². The fourth-order valence-corrected chi connectivity index (χ4v) is 25.6. The van der Waals surface area contributed by atoms with Gasteiger partial charge in [0.2, 0.25) is 0 Å². The summed E-state index contributed by atoms with van der Waals surface area (Å²) in [6.45, 7) is 14.2. The van der Waals surface area contributed by atoms with Crippen molar-refractivity contribution in [2.45, 2.75) is 65.2 Å². The van der Waals surface area contributed by atoms with E-state index >= 15 is 0 Å². The Labute approximate surface area is 311 Å². The molecule has 0 spiro atoms. The van der Waals surface area contributed by atoms with E-state index in [0.29, 0.717) is 0 Å². The zero-order valence-electron chi connectivity index (χ0n) is 30.1. The molecule has 254 valence electrons. The molecule has 0 atom stereocenters. The van der Waals surface area contributed by atoms with Gasteiger partial charge in [-0.05, 0) is 0 Å². The van der Waals surface area contributed by atoms with Crippen LogP contribution in [-0.4, -0.2) is 4.21 Å². The molecule has 0 aliphatic heterocycles. The fourth-order valence-electron chi connectivity index (χ4n) is 8.91. The maximum atomic E-state index is 5.88. The Morgan fingerprint density at radius 2 is 1.14 bits per heavy atom.